The predicted octanol–water partition coefficient (Wildman–Crippen LogP) is 2.00. The summed E-state index contributed by atoms with van der Waals surface area (Å²) in [7, 11) is 1.76. The number of hydrogen-bond donors (Lipinski definition) is 1. The number of ether oxygens (including phenoxy) is 1. The zero-order chi connectivity index (χ0) is 13.0. The van der Waals surface area contributed by atoms with Gasteiger partial charge in [0.2, 0.25) is 0 Å². The number of piperidine rings is 1. The average Bonchev–Trinajstić information content (AvgIpc) is 2.39. The predicted molar refractivity (Wildman–Crippen MR) is 71.7 cm³/mol. The molecule has 0 saturated carbocycles. The largest absolute Gasteiger partial charge is 0.387 e. The standard InChI is InChI=1S/C14H22N2O2/c1-11(17)14-6-5-13(8-15-14)16-7-3-4-12(9-16)10-18-2/h5-6,8,11-12,17H,3-4,7,9-10H2,1-2H3. The second-order valence-corrected chi connectivity index (χ2v) is 5.03. The van der Waals surface area contributed by atoms with Gasteiger partial charge in [0, 0.05) is 20.2 Å². The lowest BCUT2D eigenvalue weighted by Crippen LogP contribution is -2.37. The number of nitrogens with zero attached hydrogens (tertiary/aromatic N) is 2. The van der Waals surface area contributed by atoms with Crippen molar-refractivity contribution >= 4 is 5.69 Å². The van der Waals surface area contributed by atoms with Gasteiger partial charge in [-0.3, -0.25) is 4.98 Å². The third kappa shape index (κ3) is 3.21. The van der Waals surface area contributed by atoms with E-state index in [1.807, 2.05) is 18.3 Å². The number of aliphatic hydroxyl groups is 1. The normalized spacial score (nSPS) is 21.9. The number of rotatable bonds is 4. The van der Waals surface area contributed by atoms with E-state index in [2.05, 4.69) is 9.88 Å². The van der Waals surface area contributed by atoms with Crippen LogP contribution in [0.2, 0.25) is 0 Å². The minimum absolute atomic E-state index is 0.498. The molecule has 1 aliphatic heterocycles. The van der Waals surface area contributed by atoms with E-state index in [1.165, 1.54) is 12.8 Å². The van der Waals surface area contributed by atoms with Crippen molar-refractivity contribution in [2.45, 2.75) is 25.9 Å². The fourth-order valence-electron chi connectivity index (χ4n) is 2.50. The third-order valence-corrected chi connectivity index (χ3v) is 3.49. The van der Waals surface area contributed by atoms with Gasteiger partial charge in [-0.2, -0.15) is 0 Å². The van der Waals surface area contributed by atoms with Crippen molar-refractivity contribution in [1.82, 2.24) is 4.98 Å². The zero-order valence-corrected chi connectivity index (χ0v) is 11.2. The second kappa shape index (κ2) is 6.16. The lowest BCUT2D eigenvalue weighted by molar-refractivity contribution is 0.143. The Morgan fingerprint density at radius 2 is 2.39 bits per heavy atom. The number of anilines is 1. The SMILES string of the molecule is COCC1CCCN(c2ccc(C(C)O)nc2)C1. The van der Waals surface area contributed by atoms with Crippen molar-refractivity contribution in [2.75, 3.05) is 31.7 Å². The molecule has 2 unspecified atom stereocenters. The van der Waals surface area contributed by atoms with Crippen LogP contribution in [0.25, 0.3) is 0 Å². The van der Waals surface area contributed by atoms with Crippen molar-refractivity contribution < 1.29 is 9.84 Å². The molecule has 2 atom stereocenters. The minimum Gasteiger partial charge on any atom is -0.387 e. The zero-order valence-electron chi connectivity index (χ0n) is 11.2. The summed E-state index contributed by atoms with van der Waals surface area (Å²) in [5.74, 6) is 0.611. The summed E-state index contributed by atoms with van der Waals surface area (Å²) >= 11 is 0. The van der Waals surface area contributed by atoms with Gasteiger partial charge >= 0.3 is 0 Å². The average molecular weight is 250 g/mol. The van der Waals surface area contributed by atoms with Crippen LogP contribution in [0.4, 0.5) is 5.69 Å². The Labute approximate surface area is 109 Å². The summed E-state index contributed by atoms with van der Waals surface area (Å²) in [5.41, 5.74) is 1.87. The van der Waals surface area contributed by atoms with Crippen LogP contribution >= 0.6 is 0 Å². The van der Waals surface area contributed by atoms with Crippen molar-refractivity contribution in [3.63, 3.8) is 0 Å². The molecule has 100 valence electrons. The summed E-state index contributed by atoms with van der Waals surface area (Å²) in [5, 5.41) is 9.44. The van der Waals surface area contributed by atoms with Gasteiger partial charge in [0.1, 0.15) is 0 Å². The number of hydrogen-bond acceptors (Lipinski definition) is 4. The van der Waals surface area contributed by atoms with Gasteiger partial charge < -0.3 is 14.7 Å². The topological polar surface area (TPSA) is 45.6 Å². The quantitative estimate of drug-likeness (QED) is 0.887. The van der Waals surface area contributed by atoms with Gasteiger partial charge in [0.05, 0.1) is 30.3 Å². The van der Waals surface area contributed by atoms with E-state index in [0.29, 0.717) is 5.92 Å². The molecule has 0 amide bonds. The van der Waals surface area contributed by atoms with Crippen LogP contribution in [0, 0.1) is 5.92 Å². The minimum atomic E-state index is -0.498. The summed E-state index contributed by atoms with van der Waals surface area (Å²) in [6.07, 6.45) is 3.80. The second-order valence-electron chi connectivity index (χ2n) is 5.03. The molecule has 1 saturated heterocycles. The van der Waals surface area contributed by atoms with Gasteiger partial charge in [-0.1, -0.05) is 0 Å². The maximum Gasteiger partial charge on any atom is 0.0931 e. The van der Waals surface area contributed by atoms with Crippen molar-refractivity contribution in [1.29, 1.82) is 0 Å². The van der Waals surface area contributed by atoms with Gasteiger partial charge in [-0.15, -0.1) is 0 Å². The van der Waals surface area contributed by atoms with E-state index < -0.39 is 6.10 Å². The maximum atomic E-state index is 9.44. The van der Waals surface area contributed by atoms with Crippen molar-refractivity contribution in [3.05, 3.63) is 24.0 Å². The Balaban J connectivity index is 2.02. The van der Waals surface area contributed by atoms with Crippen LogP contribution in [-0.4, -0.2) is 36.9 Å². The summed E-state index contributed by atoms with van der Waals surface area (Å²) in [6, 6.07) is 3.95. The molecule has 0 radical (unpaired) electrons. The number of aromatic nitrogens is 1. The molecule has 4 heteroatoms. The molecule has 0 spiro atoms. The first-order chi connectivity index (χ1) is 8.70. The molecular weight excluding hydrogens is 228 g/mol. The molecular formula is C14H22N2O2. The summed E-state index contributed by atoms with van der Waals surface area (Å²) < 4.78 is 5.24. The van der Waals surface area contributed by atoms with E-state index in [9.17, 15) is 5.11 Å². The molecule has 18 heavy (non-hydrogen) atoms. The van der Waals surface area contributed by atoms with Crippen molar-refractivity contribution in [3.8, 4) is 0 Å². The van der Waals surface area contributed by atoms with Crippen LogP contribution in [0.1, 0.15) is 31.6 Å². The Morgan fingerprint density at radius 1 is 1.56 bits per heavy atom. The number of methoxy groups -OCH3 is 1. The number of aliphatic hydroxyl groups excluding tert-OH is 1. The highest BCUT2D eigenvalue weighted by atomic mass is 16.5. The highest BCUT2D eigenvalue weighted by Gasteiger charge is 2.20. The Morgan fingerprint density at radius 3 is 3.00 bits per heavy atom. The van der Waals surface area contributed by atoms with Crippen molar-refractivity contribution in [2.24, 2.45) is 5.92 Å². The van der Waals surface area contributed by atoms with E-state index >= 15 is 0 Å². The number of pyridine rings is 1. The molecule has 4 nitrogen and oxygen atoms in total. The highest BCUT2D eigenvalue weighted by Crippen LogP contribution is 2.23. The molecule has 2 rings (SSSR count). The molecule has 2 heterocycles. The molecule has 0 aromatic carbocycles. The van der Waals surface area contributed by atoms with E-state index in [1.54, 1.807) is 14.0 Å². The van der Waals surface area contributed by atoms with Crippen LogP contribution < -0.4 is 4.90 Å². The smallest absolute Gasteiger partial charge is 0.0931 e. The molecule has 1 fully saturated rings. The monoisotopic (exact) mass is 250 g/mol. The molecule has 1 aromatic rings. The Kier molecular flexibility index (Phi) is 4.55. The van der Waals surface area contributed by atoms with E-state index in [-0.39, 0.29) is 0 Å². The highest BCUT2D eigenvalue weighted by molar-refractivity contribution is 5.45. The van der Waals surface area contributed by atoms with Crippen LogP contribution in [0.15, 0.2) is 18.3 Å². The molecule has 0 bridgehead atoms. The first-order valence-corrected chi connectivity index (χ1v) is 6.58. The first-order valence-electron chi connectivity index (χ1n) is 6.58. The van der Waals surface area contributed by atoms with Crippen LogP contribution in [0.3, 0.4) is 0 Å². The fraction of sp³-hybridized carbons (Fsp3) is 0.643. The lowest BCUT2D eigenvalue weighted by atomic mass is 9.98. The fourth-order valence-corrected chi connectivity index (χ4v) is 2.50. The van der Waals surface area contributed by atoms with Crippen LogP contribution in [0.5, 0.6) is 0 Å². The van der Waals surface area contributed by atoms with Crippen LogP contribution in [-0.2, 0) is 4.74 Å². The Hall–Kier alpha value is -1.13. The lowest BCUT2D eigenvalue weighted by Gasteiger charge is -2.34. The van der Waals surface area contributed by atoms with Gasteiger partial charge in [0.15, 0.2) is 0 Å². The molecule has 1 N–H and O–H groups in total. The van der Waals surface area contributed by atoms with E-state index in [4.69, 9.17) is 4.74 Å². The maximum absolute atomic E-state index is 9.44. The summed E-state index contributed by atoms with van der Waals surface area (Å²) in [4.78, 5) is 6.65. The first kappa shape index (κ1) is 13.3. The molecule has 1 aromatic heterocycles. The molecule has 1 aliphatic rings. The summed E-state index contributed by atoms with van der Waals surface area (Å²) in [6.45, 7) is 4.67. The van der Waals surface area contributed by atoms with E-state index in [0.717, 1.165) is 31.1 Å². The Bertz CT molecular complexity index is 363. The van der Waals surface area contributed by atoms with Gasteiger partial charge in [0.25, 0.3) is 0 Å². The molecule has 0 aliphatic carbocycles. The third-order valence-electron chi connectivity index (χ3n) is 3.49. The van der Waals surface area contributed by atoms with Gasteiger partial charge in [-0.25, -0.2) is 0 Å². The van der Waals surface area contributed by atoms with Gasteiger partial charge in [-0.05, 0) is 37.8 Å².